The number of phenolic OH excluding ortho intramolecular Hbond substituents is 1. The number of hydrogen-bond acceptors (Lipinski definition) is 4. The van der Waals surface area contributed by atoms with Crippen molar-refractivity contribution >= 4 is 17.1 Å². The van der Waals surface area contributed by atoms with Crippen LogP contribution in [0.4, 0.5) is 0 Å². The Kier molecular flexibility index (Phi) is 4.09. The van der Waals surface area contributed by atoms with Gasteiger partial charge < -0.3 is 15.4 Å². The minimum atomic E-state index is -1.07. The van der Waals surface area contributed by atoms with Crippen molar-refractivity contribution in [3.05, 3.63) is 65.1 Å². The molecular weight excluding hydrogens is 262 g/mol. The number of aromatic hydroxyl groups is 1. The van der Waals surface area contributed by atoms with Gasteiger partial charge in [-0.3, -0.25) is 0 Å². The number of phenols is 1. The van der Waals surface area contributed by atoms with Crippen LogP contribution in [0.3, 0.4) is 0 Å². The van der Waals surface area contributed by atoms with Crippen LogP contribution in [0.1, 0.15) is 17.4 Å². The molecule has 0 aliphatic rings. The van der Waals surface area contributed by atoms with E-state index in [0.29, 0.717) is 16.0 Å². The highest BCUT2D eigenvalue weighted by Gasteiger charge is 2.19. The molecule has 1 unspecified atom stereocenters. The number of benzene rings is 1. The molecule has 19 heavy (non-hydrogen) atoms. The van der Waals surface area contributed by atoms with Gasteiger partial charge in [-0.25, -0.2) is 0 Å². The van der Waals surface area contributed by atoms with Crippen molar-refractivity contribution in [3.8, 4) is 5.75 Å². The molecule has 0 fully saturated rings. The highest BCUT2D eigenvalue weighted by molar-refractivity contribution is 7.80. The quantitative estimate of drug-likeness (QED) is 0.506. The molecule has 0 amide bonds. The van der Waals surface area contributed by atoms with Gasteiger partial charge in [0.15, 0.2) is 11.9 Å². The van der Waals surface area contributed by atoms with Gasteiger partial charge in [-0.05, 0) is 12.1 Å². The maximum absolute atomic E-state index is 11.5. The fourth-order valence-corrected chi connectivity index (χ4v) is 2.04. The van der Waals surface area contributed by atoms with Gasteiger partial charge in [0.2, 0.25) is 0 Å². The molecule has 98 valence electrons. The van der Waals surface area contributed by atoms with Crippen molar-refractivity contribution in [2.75, 3.05) is 0 Å². The number of pyridine rings is 1. The fourth-order valence-electron chi connectivity index (χ4n) is 1.77. The van der Waals surface area contributed by atoms with E-state index < -0.39 is 6.10 Å². The van der Waals surface area contributed by atoms with Crippen LogP contribution in [0.2, 0.25) is 0 Å². The fraction of sp³-hybridized carbons (Fsp3) is 0.143. The van der Waals surface area contributed by atoms with Gasteiger partial charge in [-0.15, -0.1) is 0 Å². The Labute approximate surface area is 116 Å². The molecule has 0 radical (unpaired) electrons. The topological polar surface area (TPSA) is 67.4 Å². The van der Waals surface area contributed by atoms with Gasteiger partial charge in [0.05, 0.1) is 6.42 Å². The first-order chi connectivity index (χ1) is 9.09. The van der Waals surface area contributed by atoms with E-state index in [0.717, 1.165) is 0 Å². The van der Waals surface area contributed by atoms with Gasteiger partial charge in [0.25, 0.3) is 0 Å². The molecular formula is C14H13NO3S. The lowest BCUT2D eigenvalue weighted by molar-refractivity contribution is -0.613. The van der Waals surface area contributed by atoms with E-state index in [2.05, 4.69) is 0 Å². The molecule has 1 aromatic heterocycles. The van der Waals surface area contributed by atoms with Crippen molar-refractivity contribution in [2.45, 2.75) is 12.5 Å². The molecule has 4 nitrogen and oxygen atoms in total. The number of thiocarbonyl (C=S) groups is 1. The standard InChI is InChI=1S/C14H13NO3S/c16-12-7-2-1-6-11(12)14(17)13(19)9-10-5-3-4-8-15(10)18/h1-8,14,16-17H,9H2. The second-order valence-electron chi connectivity index (χ2n) is 4.12. The SMILES string of the molecule is [O-][n+]1ccccc1CC(=S)C(O)c1ccccc1O. The van der Waals surface area contributed by atoms with Gasteiger partial charge >= 0.3 is 0 Å². The Morgan fingerprint density at radius 3 is 2.58 bits per heavy atom. The van der Waals surface area contributed by atoms with Crippen molar-refractivity contribution in [1.82, 2.24) is 0 Å². The summed E-state index contributed by atoms with van der Waals surface area (Å²) in [5, 5.41) is 31.3. The Hall–Kier alpha value is -1.98. The Bertz CT molecular complexity index is 601. The van der Waals surface area contributed by atoms with Crippen molar-refractivity contribution in [1.29, 1.82) is 0 Å². The predicted octanol–water partition coefficient (Wildman–Crippen LogP) is 1.67. The number of aliphatic hydroxyl groups is 1. The van der Waals surface area contributed by atoms with E-state index in [1.165, 1.54) is 12.3 Å². The highest BCUT2D eigenvalue weighted by atomic mass is 32.1. The largest absolute Gasteiger partial charge is 0.618 e. The van der Waals surface area contributed by atoms with Crippen molar-refractivity contribution in [2.24, 2.45) is 0 Å². The average molecular weight is 275 g/mol. The molecule has 0 aliphatic carbocycles. The number of para-hydroxylation sites is 1. The zero-order chi connectivity index (χ0) is 13.8. The number of nitrogens with zero attached hydrogens (tertiary/aromatic N) is 1. The monoisotopic (exact) mass is 275 g/mol. The third-order valence-corrected chi connectivity index (χ3v) is 3.16. The maximum atomic E-state index is 11.5. The van der Waals surface area contributed by atoms with Crippen LogP contribution in [0.5, 0.6) is 5.75 Å². The minimum Gasteiger partial charge on any atom is -0.618 e. The summed E-state index contributed by atoms with van der Waals surface area (Å²) in [5.41, 5.74) is 0.808. The molecule has 5 heteroatoms. The van der Waals surface area contributed by atoms with Crippen molar-refractivity contribution in [3.63, 3.8) is 0 Å². The van der Waals surface area contributed by atoms with Crippen LogP contribution in [0.15, 0.2) is 48.7 Å². The van der Waals surface area contributed by atoms with Crippen LogP contribution in [-0.4, -0.2) is 15.1 Å². The van der Waals surface area contributed by atoms with Gasteiger partial charge in [0, 0.05) is 22.6 Å². The summed E-state index contributed by atoms with van der Waals surface area (Å²) in [6.07, 6.45) is 0.482. The lowest BCUT2D eigenvalue weighted by Crippen LogP contribution is -2.32. The molecule has 1 aromatic carbocycles. The lowest BCUT2D eigenvalue weighted by Gasteiger charge is -2.13. The molecule has 0 saturated carbocycles. The van der Waals surface area contributed by atoms with Crippen LogP contribution in [0.25, 0.3) is 0 Å². The van der Waals surface area contributed by atoms with Crippen LogP contribution < -0.4 is 4.73 Å². The molecule has 0 bridgehead atoms. The first kappa shape index (κ1) is 13.5. The summed E-state index contributed by atoms with van der Waals surface area (Å²) in [5.74, 6) is -0.0135. The predicted molar refractivity (Wildman–Crippen MR) is 74.8 cm³/mol. The second-order valence-corrected chi connectivity index (χ2v) is 4.65. The molecule has 2 aromatic rings. The molecule has 0 spiro atoms. The normalized spacial score (nSPS) is 12.1. The first-order valence-electron chi connectivity index (χ1n) is 5.75. The number of hydrogen-bond donors (Lipinski definition) is 2. The average Bonchev–Trinajstić information content (AvgIpc) is 2.41. The molecule has 1 atom stereocenters. The van der Waals surface area contributed by atoms with Gasteiger partial charge in [-0.2, -0.15) is 4.73 Å². The zero-order valence-electron chi connectivity index (χ0n) is 10.1. The van der Waals surface area contributed by atoms with Crippen LogP contribution in [0, 0.1) is 5.21 Å². The number of rotatable bonds is 4. The zero-order valence-corrected chi connectivity index (χ0v) is 10.9. The summed E-state index contributed by atoms with van der Waals surface area (Å²) in [6, 6.07) is 11.5. The molecule has 0 aliphatic heterocycles. The lowest BCUT2D eigenvalue weighted by atomic mass is 10.0. The molecule has 2 rings (SSSR count). The third-order valence-electron chi connectivity index (χ3n) is 2.80. The van der Waals surface area contributed by atoms with E-state index in [4.69, 9.17) is 12.2 Å². The van der Waals surface area contributed by atoms with Crippen LogP contribution in [-0.2, 0) is 6.42 Å². The summed E-state index contributed by atoms with van der Waals surface area (Å²) in [7, 11) is 0. The van der Waals surface area contributed by atoms with E-state index >= 15 is 0 Å². The minimum absolute atomic E-state index is 0.0135. The van der Waals surface area contributed by atoms with E-state index in [-0.39, 0.29) is 17.0 Å². The second kappa shape index (κ2) is 5.77. The summed E-state index contributed by atoms with van der Waals surface area (Å²) < 4.78 is 0.712. The van der Waals surface area contributed by atoms with E-state index in [1.54, 1.807) is 36.4 Å². The van der Waals surface area contributed by atoms with Crippen molar-refractivity contribution < 1.29 is 14.9 Å². The van der Waals surface area contributed by atoms with Gasteiger partial charge in [0.1, 0.15) is 11.9 Å². The van der Waals surface area contributed by atoms with E-state index in [9.17, 15) is 15.4 Å². The highest BCUT2D eigenvalue weighted by Crippen LogP contribution is 2.25. The number of aliphatic hydroxyl groups excluding tert-OH is 1. The smallest absolute Gasteiger partial charge is 0.197 e. The van der Waals surface area contributed by atoms with Gasteiger partial charge in [-0.1, -0.05) is 30.4 Å². The van der Waals surface area contributed by atoms with Crippen LogP contribution >= 0.6 is 12.2 Å². The number of aromatic nitrogens is 1. The summed E-state index contributed by atoms with van der Waals surface area (Å²) in [4.78, 5) is 0.289. The third kappa shape index (κ3) is 3.07. The Balaban J connectivity index is 2.17. The summed E-state index contributed by atoms with van der Waals surface area (Å²) >= 11 is 5.15. The molecule has 0 saturated heterocycles. The Morgan fingerprint density at radius 1 is 1.21 bits per heavy atom. The summed E-state index contributed by atoms with van der Waals surface area (Å²) in [6.45, 7) is 0. The van der Waals surface area contributed by atoms with E-state index in [1.807, 2.05) is 0 Å². The maximum Gasteiger partial charge on any atom is 0.197 e. The first-order valence-corrected chi connectivity index (χ1v) is 6.16. The Morgan fingerprint density at radius 2 is 1.89 bits per heavy atom. The molecule has 2 N–H and O–H groups in total. The molecule has 1 heterocycles.